The molecule has 3 aliphatic rings. The topological polar surface area (TPSA) is 26.8 Å². The number of hydrogen-bond acceptors (Lipinski definition) is 2. The zero-order valence-electron chi connectivity index (χ0n) is 15.6. The van der Waals surface area contributed by atoms with Crippen molar-refractivity contribution in [3.63, 3.8) is 0 Å². The third kappa shape index (κ3) is 4.80. The number of halogens is 2. The van der Waals surface area contributed by atoms with Crippen LogP contribution in [-0.2, 0) is 0 Å². The summed E-state index contributed by atoms with van der Waals surface area (Å²) in [6.45, 7) is 8.85. The van der Waals surface area contributed by atoms with Crippen molar-refractivity contribution in [2.45, 2.75) is 70.9 Å². The van der Waals surface area contributed by atoms with Gasteiger partial charge in [0, 0.05) is 51.1 Å². The average Bonchev–Trinajstić information content (AvgIpc) is 2.79. The van der Waals surface area contributed by atoms with Crippen molar-refractivity contribution in [3.8, 4) is 0 Å². The van der Waals surface area contributed by atoms with Crippen LogP contribution in [0.4, 0.5) is 13.6 Å². The highest BCUT2D eigenvalue weighted by Crippen LogP contribution is 2.33. The van der Waals surface area contributed by atoms with Gasteiger partial charge in [0.05, 0.1) is 0 Å². The smallest absolute Gasteiger partial charge is 0.320 e. The Morgan fingerprint density at radius 2 is 1.58 bits per heavy atom. The lowest BCUT2D eigenvalue weighted by Gasteiger charge is -2.43. The molecule has 2 amide bonds. The number of urea groups is 1. The molecule has 3 fully saturated rings. The minimum atomic E-state index is -2.59. The van der Waals surface area contributed by atoms with E-state index in [2.05, 4.69) is 32.7 Å². The van der Waals surface area contributed by atoms with Crippen molar-refractivity contribution in [1.82, 2.24) is 14.7 Å². The number of carbonyl (C=O) groups excluding carboxylic acids is 1. The summed E-state index contributed by atoms with van der Waals surface area (Å²) >= 11 is 0. The second-order valence-corrected chi connectivity index (χ2v) is 7.94. The van der Waals surface area contributed by atoms with Crippen LogP contribution in [0, 0.1) is 5.92 Å². The monoisotopic (exact) mass is 345 g/mol. The number of carbonyl (C=O) groups is 1. The Balaban J connectivity index is 0.000000368. The van der Waals surface area contributed by atoms with E-state index in [0.717, 1.165) is 31.8 Å². The second kappa shape index (κ2) is 7.98. The molecule has 0 aliphatic carbocycles. The molecule has 0 radical (unpaired) electrons. The lowest BCUT2D eigenvalue weighted by molar-refractivity contribution is -0.0511. The van der Waals surface area contributed by atoms with Gasteiger partial charge in [0.15, 0.2) is 0 Å². The van der Waals surface area contributed by atoms with Crippen molar-refractivity contribution < 1.29 is 13.6 Å². The molecular formula is C18H33F2N3O. The summed E-state index contributed by atoms with van der Waals surface area (Å²) in [7, 11) is 2.08. The standard InChI is InChI=1S/C13H21F2N3O.C5H12/c1-16-8-10-2-3-11(9-16)18(10)12(19)17-6-4-13(14,15)5-7-17;1-4-5(2)3/h10-11H,2-9H2,1H3;5H,4H2,1-3H3. The van der Waals surface area contributed by atoms with Crippen LogP contribution in [0.15, 0.2) is 0 Å². The largest absolute Gasteiger partial charge is 0.324 e. The van der Waals surface area contributed by atoms with E-state index in [1.807, 2.05) is 4.90 Å². The molecule has 3 rings (SSSR count). The van der Waals surface area contributed by atoms with Gasteiger partial charge in [-0.15, -0.1) is 0 Å². The molecule has 0 aromatic rings. The lowest BCUT2D eigenvalue weighted by atomic mass is 10.1. The van der Waals surface area contributed by atoms with E-state index in [1.165, 1.54) is 6.42 Å². The maximum atomic E-state index is 13.1. The highest BCUT2D eigenvalue weighted by molar-refractivity contribution is 5.76. The van der Waals surface area contributed by atoms with Crippen LogP contribution in [-0.4, -0.2) is 72.0 Å². The second-order valence-electron chi connectivity index (χ2n) is 7.94. The summed E-state index contributed by atoms with van der Waals surface area (Å²) in [5, 5.41) is 0. The minimum absolute atomic E-state index is 0.0175. The summed E-state index contributed by atoms with van der Waals surface area (Å²) in [5.74, 6) is -1.70. The molecule has 0 aromatic heterocycles. The van der Waals surface area contributed by atoms with Gasteiger partial charge in [0.2, 0.25) is 0 Å². The molecule has 0 N–H and O–H groups in total. The summed E-state index contributed by atoms with van der Waals surface area (Å²) in [6, 6.07) is 0.536. The van der Waals surface area contributed by atoms with Crippen LogP contribution in [0.5, 0.6) is 0 Å². The molecule has 6 heteroatoms. The van der Waals surface area contributed by atoms with Gasteiger partial charge in [-0.1, -0.05) is 27.2 Å². The van der Waals surface area contributed by atoms with Gasteiger partial charge in [-0.3, -0.25) is 0 Å². The average molecular weight is 345 g/mol. The van der Waals surface area contributed by atoms with E-state index >= 15 is 0 Å². The number of likely N-dealkylation sites (N-methyl/N-ethyl adjacent to an activating group) is 1. The maximum absolute atomic E-state index is 13.1. The Morgan fingerprint density at radius 3 is 2.00 bits per heavy atom. The summed E-state index contributed by atoms with van der Waals surface area (Å²) in [6.07, 6.45) is 3.01. The van der Waals surface area contributed by atoms with Gasteiger partial charge in [-0.2, -0.15) is 0 Å². The summed E-state index contributed by atoms with van der Waals surface area (Å²) < 4.78 is 26.3. The lowest BCUT2D eigenvalue weighted by Crippen LogP contribution is -2.59. The van der Waals surface area contributed by atoms with Crippen LogP contribution in [0.25, 0.3) is 0 Å². The number of hydrogen-bond donors (Lipinski definition) is 0. The van der Waals surface area contributed by atoms with Crippen molar-refractivity contribution in [1.29, 1.82) is 0 Å². The van der Waals surface area contributed by atoms with Gasteiger partial charge in [-0.25, -0.2) is 13.6 Å². The van der Waals surface area contributed by atoms with E-state index in [9.17, 15) is 13.6 Å². The first kappa shape index (κ1) is 19.4. The number of alkyl halides is 2. The molecule has 0 aromatic carbocycles. The van der Waals surface area contributed by atoms with E-state index in [-0.39, 0.29) is 44.0 Å². The number of fused-ring (bicyclic) bond motifs is 2. The Bertz CT molecular complexity index is 406. The predicted molar refractivity (Wildman–Crippen MR) is 92.4 cm³/mol. The first-order chi connectivity index (χ1) is 11.2. The molecule has 4 nitrogen and oxygen atoms in total. The number of rotatable bonds is 1. The SMILES string of the molecule is CCC(C)C.CN1CC2CCC(C1)N2C(=O)N1CCC(F)(F)CC1. The zero-order chi connectivity index (χ0) is 17.9. The molecular weight excluding hydrogens is 312 g/mol. The van der Waals surface area contributed by atoms with Gasteiger partial charge >= 0.3 is 6.03 Å². The fourth-order valence-corrected chi connectivity index (χ4v) is 3.61. The Labute approximate surface area is 145 Å². The molecule has 3 saturated heterocycles. The molecule has 0 spiro atoms. The quantitative estimate of drug-likeness (QED) is 0.725. The van der Waals surface area contributed by atoms with Gasteiger partial charge in [-0.05, 0) is 25.8 Å². The van der Waals surface area contributed by atoms with E-state index in [1.54, 1.807) is 4.90 Å². The van der Waals surface area contributed by atoms with Crippen molar-refractivity contribution in [2.75, 3.05) is 33.2 Å². The fraction of sp³-hybridized carbons (Fsp3) is 0.944. The number of nitrogens with zero attached hydrogens (tertiary/aromatic N) is 3. The number of piperidine rings is 1. The molecule has 140 valence electrons. The van der Waals surface area contributed by atoms with E-state index < -0.39 is 5.92 Å². The van der Waals surface area contributed by atoms with Crippen molar-refractivity contribution in [2.24, 2.45) is 5.92 Å². The van der Waals surface area contributed by atoms with E-state index in [0.29, 0.717) is 0 Å². The molecule has 0 saturated carbocycles. The molecule has 2 atom stereocenters. The number of amides is 2. The van der Waals surface area contributed by atoms with E-state index in [4.69, 9.17) is 0 Å². The third-order valence-corrected chi connectivity index (χ3v) is 5.47. The molecule has 3 heterocycles. The van der Waals surface area contributed by atoms with Crippen LogP contribution in [0.1, 0.15) is 52.9 Å². The van der Waals surface area contributed by atoms with Crippen molar-refractivity contribution in [3.05, 3.63) is 0 Å². The number of piperazine rings is 1. The third-order valence-electron chi connectivity index (χ3n) is 5.47. The van der Waals surface area contributed by atoms with Crippen LogP contribution in [0.2, 0.25) is 0 Å². The molecule has 2 bridgehead atoms. The van der Waals surface area contributed by atoms with Gasteiger partial charge in [0.25, 0.3) is 5.92 Å². The highest BCUT2D eigenvalue weighted by Gasteiger charge is 2.44. The van der Waals surface area contributed by atoms with Crippen molar-refractivity contribution >= 4 is 6.03 Å². The molecule has 3 aliphatic heterocycles. The fourth-order valence-electron chi connectivity index (χ4n) is 3.61. The molecule has 2 unspecified atom stereocenters. The van der Waals surface area contributed by atoms with Crippen LogP contribution in [0.3, 0.4) is 0 Å². The van der Waals surface area contributed by atoms with Gasteiger partial charge < -0.3 is 14.7 Å². The first-order valence-electron chi connectivity index (χ1n) is 9.37. The van der Waals surface area contributed by atoms with Crippen LogP contribution < -0.4 is 0 Å². The predicted octanol–water partition coefficient (Wildman–Crippen LogP) is 3.67. The minimum Gasteiger partial charge on any atom is -0.324 e. The zero-order valence-corrected chi connectivity index (χ0v) is 15.6. The Kier molecular flexibility index (Phi) is 6.46. The first-order valence-corrected chi connectivity index (χ1v) is 9.37. The highest BCUT2D eigenvalue weighted by atomic mass is 19.3. The number of likely N-dealkylation sites (tertiary alicyclic amines) is 2. The maximum Gasteiger partial charge on any atom is 0.320 e. The summed E-state index contributed by atoms with van der Waals surface area (Å²) in [5.41, 5.74) is 0. The normalized spacial score (nSPS) is 29.5. The Hall–Kier alpha value is -0.910. The van der Waals surface area contributed by atoms with Crippen LogP contribution >= 0.6 is 0 Å². The summed E-state index contributed by atoms with van der Waals surface area (Å²) in [4.78, 5) is 18.4. The Morgan fingerprint density at radius 1 is 1.12 bits per heavy atom. The molecule has 24 heavy (non-hydrogen) atoms. The van der Waals surface area contributed by atoms with Gasteiger partial charge in [0.1, 0.15) is 0 Å².